The molecule has 0 saturated carbocycles. The van der Waals surface area contributed by atoms with E-state index in [1.54, 1.807) is 0 Å². The maximum absolute atomic E-state index is 10.2. The topological polar surface area (TPSA) is 107 Å². The first-order chi connectivity index (χ1) is 6.02. The average Bonchev–Trinajstić information content (AvgIpc) is 2.04. The van der Waals surface area contributed by atoms with E-state index in [9.17, 15) is 20.2 Å². The highest BCUT2D eigenvalue weighted by molar-refractivity contribution is 5.28. The molecule has 0 spiro atoms. The molecule has 1 radical (unpaired) electrons. The number of hydrogen-bond donors (Lipinski definition) is 1. The third-order valence-electron chi connectivity index (χ3n) is 1.50. The molecule has 7 nitrogen and oxygen atoms in total. The van der Waals surface area contributed by atoms with Gasteiger partial charge in [-0.1, -0.05) is 0 Å². The number of rotatable bonds is 2. The lowest BCUT2D eigenvalue weighted by Gasteiger charge is -2.04. The minimum atomic E-state index is -0.867. The summed E-state index contributed by atoms with van der Waals surface area (Å²) in [5, 5.41) is 29.4. The number of hydrogen-bond acceptors (Lipinski definition) is 5. The maximum Gasteiger partial charge on any atom is 0.313 e. The van der Waals surface area contributed by atoms with Gasteiger partial charge in [0.05, 0.1) is 15.9 Å². The normalized spacial score (nSPS) is 16.8. The van der Waals surface area contributed by atoms with Gasteiger partial charge in [0.25, 0.3) is 5.70 Å². The number of aliphatic hydroxyl groups is 1. The van der Waals surface area contributed by atoms with Crippen molar-refractivity contribution in [3.8, 4) is 0 Å². The summed E-state index contributed by atoms with van der Waals surface area (Å²) in [5.41, 5.74) is -0.942. The lowest BCUT2D eigenvalue weighted by molar-refractivity contribution is -0.438. The Hall–Kier alpha value is -1.92. The number of nitro groups is 2. The molecule has 7 heteroatoms. The second-order valence-electron chi connectivity index (χ2n) is 2.33. The summed E-state index contributed by atoms with van der Waals surface area (Å²) in [5.74, 6) is -0.532. The van der Waals surface area contributed by atoms with Crippen molar-refractivity contribution in [3.63, 3.8) is 0 Å². The predicted molar refractivity (Wildman–Crippen MR) is 40.6 cm³/mol. The molecule has 0 aliphatic heterocycles. The molecule has 0 aromatic heterocycles. The van der Waals surface area contributed by atoms with E-state index in [2.05, 4.69) is 0 Å². The Morgan fingerprint density at radius 1 is 1.31 bits per heavy atom. The van der Waals surface area contributed by atoms with Crippen LogP contribution in [0.3, 0.4) is 0 Å². The molecule has 0 aromatic rings. The summed E-state index contributed by atoms with van der Waals surface area (Å²) in [6.07, 6.45) is 1.70. The van der Waals surface area contributed by atoms with Crippen LogP contribution in [0.5, 0.6) is 0 Å². The summed E-state index contributed by atoms with van der Waals surface area (Å²) < 4.78 is 0. The quantitative estimate of drug-likeness (QED) is 0.505. The van der Waals surface area contributed by atoms with Gasteiger partial charge in [0.15, 0.2) is 5.76 Å². The van der Waals surface area contributed by atoms with Crippen LogP contribution in [-0.2, 0) is 0 Å². The lowest BCUT2D eigenvalue weighted by atomic mass is 10.1. The molecule has 0 fully saturated rings. The summed E-state index contributed by atoms with van der Waals surface area (Å²) in [6.45, 7) is 0. The maximum atomic E-state index is 10.2. The van der Waals surface area contributed by atoms with Crippen molar-refractivity contribution in [2.75, 3.05) is 0 Å². The minimum Gasteiger partial charge on any atom is -0.506 e. The van der Waals surface area contributed by atoms with Gasteiger partial charge in [0.2, 0.25) is 0 Å². The molecule has 0 bridgehead atoms. The van der Waals surface area contributed by atoms with E-state index in [0.29, 0.717) is 0 Å². The highest BCUT2D eigenvalue weighted by Gasteiger charge is 2.27. The van der Waals surface area contributed by atoms with Crippen LogP contribution in [0.2, 0.25) is 0 Å². The first-order valence-electron chi connectivity index (χ1n) is 3.28. The Labute approximate surface area is 72.3 Å². The number of aliphatic hydroxyl groups excluding tert-OH is 1. The van der Waals surface area contributed by atoms with Crippen molar-refractivity contribution in [2.45, 2.75) is 6.42 Å². The van der Waals surface area contributed by atoms with Crippen molar-refractivity contribution in [1.29, 1.82) is 0 Å². The monoisotopic (exact) mass is 185 g/mol. The zero-order valence-electron chi connectivity index (χ0n) is 6.34. The van der Waals surface area contributed by atoms with Crippen LogP contribution in [0.4, 0.5) is 0 Å². The molecule has 0 aromatic carbocycles. The fraction of sp³-hybridized carbons (Fsp3) is 0.167. The van der Waals surface area contributed by atoms with E-state index < -0.39 is 21.3 Å². The van der Waals surface area contributed by atoms with Crippen molar-refractivity contribution in [1.82, 2.24) is 0 Å². The van der Waals surface area contributed by atoms with Crippen LogP contribution in [-0.4, -0.2) is 15.0 Å². The summed E-state index contributed by atoms with van der Waals surface area (Å²) in [7, 11) is 0. The van der Waals surface area contributed by atoms with Crippen molar-refractivity contribution >= 4 is 0 Å². The Kier molecular flexibility index (Phi) is 2.27. The van der Waals surface area contributed by atoms with Gasteiger partial charge in [0.1, 0.15) is 0 Å². The lowest BCUT2D eigenvalue weighted by Crippen LogP contribution is -2.11. The number of nitrogens with zero attached hydrogens (tertiary/aromatic N) is 2. The molecule has 13 heavy (non-hydrogen) atoms. The Morgan fingerprint density at radius 2 is 1.92 bits per heavy atom. The first kappa shape index (κ1) is 9.17. The molecule has 0 amide bonds. The molecule has 0 atom stereocenters. The molecule has 1 N–H and O–H groups in total. The van der Waals surface area contributed by atoms with E-state index in [1.807, 2.05) is 0 Å². The van der Waals surface area contributed by atoms with E-state index in [4.69, 9.17) is 5.11 Å². The largest absolute Gasteiger partial charge is 0.506 e. The van der Waals surface area contributed by atoms with Gasteiger partial charge in [-0.05, 0) is 0 Å². The smallest absolute Gasteiger partial charge is 0.313 e. The molecule has 0 heterocycles. The Morgan fingerprint density at radius 3 is 2.38 bits per heavy atom. The molecule has 1 aliphatic carbocycles. The van der Waals surface area contributed by atoms with Gasteiger partial charge in [-0.3, -0.25) is 20.2 Å². The van der Waals surface area contributed by atoms with E-state index in [0.717, 1.165) is 12.5 Å². The van der Waals surface area contributed by atoms with Crippen molar-refractivity contribution in [3.05, 3.63) is 49.9 Å². The van der Waals surface area contributed by atoms with E-state index in [-0.39, 0.29) is 12.1 Å². The molecule has 1 aliphatic rings. The Balaban J connectivity index is 3.05. The van der Waals surface area contributed by atoms with Gasteiger partial charge >= 0.3 is 5.70 Å². The van der Waals surface area contributed by atoms with Crippen LogP contribution in [0.1, 0.15) is 6.42 Å². The molecule has 0 unspecified atom stereocenters. The van der Waals surface area contributed by atoms with E-state index >= 15 is 0 Å². The van der Waals surface area contributed by atoms with Crippen molar-refractivity contribution < 1.29 is 15.0 Å². The van der Waals surface area contributed by atoms with Crippen LogP contribution in [0, 0.1) is 26.6 Å². The van der Waals surface area contributed by atoms with Crippen LogP contribution >= 0.6 is 0 Å². The molecule has 1 rings (SSSR count). The summed E-state index contributed by atoms with van der Waals surface area (Å²) >= 11 is 0. The SMILES string of the molecule is O=[N+]([O-])C1=CC([N+](=O)[O-])=C(O)[CH]C1. The fourth-order valence-electron chi connectivity index (χ4n) is 0.870. The second-order valence-corrected chi connectivity index (χ2v) is 2.33. The summed E-state index contributed by atoms with van der Waals surface area (Å²) in [6, 6.07) is 0. The Bertz CT molecular complexity index is 330. The molecular weight excluding hydrogens is 180 g/mol. The van der Waals surface area contributed by atoms with Crippen LogP contribution < -0.4 is 0 Å². The second kappa shape index (κ2) is 3.21. The highest BCUT2D eigenvalue weighted by Crippen LogP contribution is 2.21. The number of allylic oxidation sites excluding steroid dienone is 3. The molecular formula is C6H5N2O5. The standard InChI is InChI=1S/C6H5N2O5/c9-6-2-1-4(7(10)11)3-5(6)8(12)13/h2-3,9H,1H2. The van der Waals surface area contributed by atoms with Gasteiger partial charge < -0.3 is 5.11 Å². The van der Waals surface area contributed by atoms with Crippen LogP contribution in [0.25, 0.3) is 0 Å². The predicted octanol–water partition coefficient (Wildman–Crippen LogP) is 0.801. The van der Waals surface area contributed by atoms with Crippen molar-refractivity contribution in [2.24, 2.45) is 0 Å². The zero-order valence-corrected chi connectivity index (χ0v) is 6.34. The molecule has 0 saturated heterocycles. The summed E-state index contributed by atoms with van der Waals surface area (Å²) in [4.78, 5) is 18.9. The average molecular weight is 185 g/mol. The zero-order chi connectivity index (χ0) is 10.0. The van der Waals surface area contributed by atoms with Gasteiger partial charge in [-0.25, -0.2) is 0 Å². The third kappa shape index (κ3) is 1.81. The fourth-order valence-corrected chi connectivity index (χ4v) is 0.870. The first-order valence-corrected chi connectivity index (χ1v) is 3.28. The van der Waals surface area contributed by atoms with Gasteiger partial charge in [0, 0.05) is 12.8 Å². The van der Waals surface area contributed by atoms with Gasteiger partial charge in [-0.2, -0.15) is 0 Å². The third-order valence-corrected chi connectivity index (χ3v) is 1.50. The highest BCUT2D eigenvalue weighted by atomic mass is 16.6. The minimum absolute atomic E-state index is 0.101. The van der Waals surface area contributed by atoms with E-state index in [1.165, 1.54) is 0 Å². The van der Waals surface area contributed by atoms with Crippen LogP contribution in [0.15, 0.2) is 23.2 Å². The van der Waals surface area contributed by atoms with Gasteiger partial charge in [-0.15, -0.1) is 0 Å². The molecule has 69 valence electrons.